The lowest BCUT2D eigenvalue weighted by Crippen LogP contribution is -2.14. The fourth-order valence-corrected chi connectivity index (χ4v) is 3.08. The number of nitrogens with one attached hydrogen (secondary N) is 1. The van der Waals surface area contributed by atoms with Crippen molar-refractivity contribution in [3.63, 3.8) is 0 Å². The lowest BCUT2D eigenvalue weighted by atomic mass is 10.1. The van der Waals surface area contributed by atoms with E-state index >= 15 is 0 Å². The van der Waals surface area contributed by atoms with Gasteiger partial charge in [0.05, 0.1) is 23.3 Å². The van der Waals surface area contributed by atoms with Crippen LogP contribution in [0.1, 0.15) is 21.5 Å². The summed E-state index contributed by atoms with van der Waals surface area (Å²) in [5.74, 6) is -0.508. The molecule has 0 saturated carbocycles. The maximum Gasteiger partial charge on any atom is 0.337 e. The van der Waals surface area contributed by atoms with Crippen LogP contribution >= 0.6 is 0 Å². The molecule has 2 aromatic rings. The molecule has 2 aromatic carbocycles. The van der Waals surface area contributed by atoms with Gasteiger partial charge in [0, 0.05) is 0 Å². The molecule has 0 aliphatic rings. The van der Waals surface area contributed by atoms with E-state index in [1.165, 1.54) is 31.4 Å². The Hall–Kier alpha value is -2.34. The van der Waals surface area contributed by atoms with Gasteiger partial charge in [0.1, 0.15) is 0 Å². The number of aryl methyl sites for hydroxylation is 1. The molecule has 0 saturated heterocycles. The molecule has 116 valence electrons. The molecule has 0 radical (unpaired) electrons. The van der Waals surface area contributed by atoms with Crippen LogP contribution in [-0.4, -0.2) is 21.5 Å². The van der Waals surface area contributed by atoms with Gasteiger partial charge in [-0.3, -0.25) is 4.72 Å². The summed E-state index contributed by atoms with van der Waals surface area (Å²) in [7, 11) is -2.43. The maximum absolute atomic E-state index is 12.4. The molecule has 0 atom stereocenters. The van der Waals surface area contributed by atoms with Gasteiger partial charge in [0.15, 0.2) is 0 Å². The number of sulfonamides is 1. The number of rotatable bonds is 4. The smallest absolute Gasteiger partial charge is 0.337 e. The highest BCUT2D eigenvalue weighted by atomic mass is 32.2. The first-order chi connectivity index (χ1) is 10.3. The number of hydrogen-bond acceptors (Lipinski definition) is 4. The van der Waals surface area contributed by atoms with Crippen LogP contribution in [0, 0.1) is 13.8 Å². The molecule has 0 bridgehead atoms. The first-order valence-electron chi connectivity index (χ1n) is 6.62. The van der Waals surface area contributed by atoms with Crippen LogP contribution in [0.15, 0.2) is 47.4 Å². The van der Waals surface area contributed by atoms with Gasteiger partial charge in [-0.2, -0.15) is 0 Å². The molecular weight excluding hydrogens is 302 g/mol. The number of anilines is 1. The number of benzene rings is 2. The number of hydrogen-bond donors (Lipinski definition) is 1. The molecule has 0 heterocycles. The molecule has 0 unspecified atom stereocenters. The van der Waals surface area contributed by atoms with E-state index < -0.39 is 16.0 Å². The fraction of sp³-hybridized carbons (Fsp3) is 0.188. The monoisotopic (exact) mass is 319 g/mol. The van der Waals surface area contributed by atoms with E-state index in [0.717, 1.165) is 11.1 Å². The van der Waals surface area contributed by atoms with Crippen molar-refractivity contribution in [1.29, 1.82) is 0 Å². The summed E-state index contributed by atoms with van der Waals surface area (Å²) in [6, 6.07) is 11.0. The SMILES string of the molecule is COC(=O)c1ccc(S(=O)(=O)Nc2cccc(C)c2C)cc1. The first-order valence-corrected chi connectivity index (χ1v) is 8.11. The summed E-state index contributed by atoms with van der Waals surface area (Å²) in [5.41, 5.74) is 2.71. The molecule has 0 aliphatic heterocycles. The van der Waals surface area contributed by atoms with Crippen LogP contribution in [0.3, 0.4) is 0 Å². The standard InChI is InChI=1S/C16H17NO4S/c1-11-5-4-6-15(12(11)2)17-22(19,20)14-9-7-13(8-10-14)16(18)21-3/h4-10,17H,1-3H3. The topological polar surface area (TPSA) is 72.5 Å². The van der Waals surface area contributed by atoms with Crippen molar-refractivity contribution in [1.82, 2.24) is 0 Å². The second kappa shape index (κ2) is 6.19. The average molecular weight is 319 g/mol. The number of ether oxygens (including phenoxy) is 1. The molecule has 0 aliphatic carbocycles. The van der Waals surface area contributed by atoms with E-state index in [2.05, 4.69) is 9.46 Å². The van der Waals surface area contributed by atoms with E-state index in [-0.39, 0.29) is 4.90 Å². The van der Waals surface area contributed by atoms with E-state index in [1.54, 1.807) is 12.1 Å². The Balaban J connectivity index is 2.31. The van der Waals surface area contributed by atoms with Crippen LogP contribution in [0.25, 0.3) is 0 Å². The molecule has 6 heteroatoms. The van der Waals surface area contributed by atoms with Gasteiger partial charge in [-0.05, 0) is 55.3 Å². The third-order valence-electron chi connectivity index (χ3n) is 3.43. The quantitative estimate of drug-likeness (QED) is 0.880. The lowest BCUT2D eigenvalue weighted by molar-refractivity contribution is 0.0600. The summed E-state index contributed by atoms with van der Waals surface area (Å²) < 4.78 is 31.9. The first kappa shape index (κ1) is 16.0. The summed E-state index contributed by atoms with van der Waals surface area (Å²) >= 11 is 0. The van der Waals surface area contributed by atoms with Crippen molar-refractivity contribution >= 4 is 21.7 Å². The zero-order valence-electron chi connectivity index (χ0n) is 12.6. The molecular formula is C16H17NO4S. The van der Waals surface area contributed by atoms with Crippen LogP contribution in [0.4, 0.5) is 5.69 Å². The van der Waals surface area contributed by atoms with Crippen LogP contribution in [0.5, 0.6) is 0 Å². The Morgan fingerprint density at radius 1 is 1.05 bits per heavy atom. The van der Waals surface area contributed by atoms with Gasteiger partial charge < -0.3 is 4.74 Å². The summed E-state index contributed by atoms with van der Waals surface area (Å²) in [6.07, 6.45) is 0. The van der Waals surface area contributed by atoms with Crippen LogP contribution < -0.4 is 4.72 Å². The van der Waals surface area contributed by atoms with E-state index in [1.807, 2.05) is 19.9 Å². The van der Waals surface area contributed by atoms with Crippen molar-refractivity contribution in [2.45, 2.75) is 18.7 Å². The molecule has 22 heavy (non-hydrogen) atoms. The number of methoxy groups -OCH3 is 1. The second-order valence-corrected chi connectivity index (χ2v) is 6.55. The van der Waals surface area contributed by atoms with Crippen molar-refractivity contribution in [2.75, 3.05) is 11.8 Å². The Morgan fingerprint density at radius 2 is 1.68 bits per heavy atom. The third-order valence-corrected chi connectivity index (χ3v) is 4.82. The molecule has 2 rings (SSSR count). The normalized spacial score (nSPS) is 11.0. The number of carbonyl (C=O) groups excluding carboxylic acids is 1. The van der Waals surface area contributed by atoms with Gasteiger partial charge >= 0.3 is 5.97 Å². The minimum absolute atomic E-state index is 0.0843. The average Bonchev–Trinajstić information content (AvgIpc) is 2.51. The molecule has 0 aromatic heterocycles. The van der Waals surface area contributed by atoms with Gasteiger partial charge in [-0.1, -0.05) is 12.1 Å². The minimum Gasteiger partial charge on any atom is -0.465 e. The lowest BCUT2D eigenvalue weighted by Gasteiger charge is -2.12. The number of esters is 1. The molecule has 0 fully saturated rings. The summed E-state index contributed by atoms with van der Waals surface area (Å²) in [6.45, 7) is 3.77. The van der Waals surface area contributed by atoms with Gasteiger partial charge in [0.2, 0.25) is 0 Å². The summed E-state index contributed by atoms with van der Waals surface area (Å²) in [4.78, 5) is 11.4. The molecule has 1 N–H and O–H groups in total. The highest BCUT2D eigenvalue weighted by Gasteiger charge is 2.16. The third kappa shape index (κ3) is 3.28. The predicted octanol–water partition coefficient (Wildman–Crippen LogP) is 2.89. The Bertz CT molecular complexity index is 795. The van der Waals surface area contributed by atoms with Crippen molar-refractivity contribution in [3.8, 4) is 0 Å². The van der Waals surface area contributed by atoms with Gasteiger partial charge in [-0.25, -0.2) is 13.2 Å². The Labute approximate surface area is 130 Å². The highest BCUT2D eigenvalue weighted by molar-refractivity contribution is 7.92. The van der Waals surface area contributed by atoms with E-state index in [9.17, 15) is 13.2 Å². The van der Waals surface area contributed by atoms with Crippen LogP contribution in [-0.2, 0) is 14.8 Å². The van der Waals surface area contributed by atoms with Crippen LogP contribution in [0.2, 0.25) is 0 Å². The van der Waals surface area contributed by atoms with Crippen molar-refractivity contribution in [3.05, 3.63) is 59.2 Å². The van der Waals surface area contributed by atoms with E-state index in [4.69, 9.17) is 0 Å². The number of carbonyl (C=O) groups is 1. The minimum atomic E-state index is -3.70. The predicted molar refractivity (Wildman–Crippen MR) is 84.5 cm³/mol. The maximum atomic E-state index is 12.4. The molecule has 5 nitrogen and oxygen atoms in total. The Kier molecular flexibility index (Phi) is 4.51. The van der Waals surface area contributed by atoms with E-state index in [0.29, 0.717) is 11.3 Å². The second-order valence-electron chi connectivity index (χ2n) is 4.87. The zero-order chi connectivity index (χ0) is 16.3. The van der Waals surface area contributed by atoms with Gasteiger partial charge in [0.25, 0.3) is 10.0 Å². The zero-order valence-corrected chi connectivity index (χ0v) is 13.4. The largest absolute Gasteiger partial charge is 0.465 e. The highest BCUT2D eigenvalue weighted by Crippen LogP contribution is 2.22. The molecule has 0 spiro atoms. The summed E-state index contributed by atoms with van der Waals surface area (Å²) in [5, 5.41) is 0. The molecule has 0 amide bonds. The fourth-order valence-electron chi connectivity index (χ4n) is 1.95. The Morgan fingerprint density at radius 3 is 2.27 bits per heavy atom. The van der Waals surface area contributed by atoms with Crippen molar-refractivity contribution in [2.24, 2.45) is 0 Å². The van der Waals surface area contributed by atoms with Crippen molar-refractivity contribution < 1.29 is 17.9 Å². The van der Waals surface area contributed by atoms with Gasteiger partial charge in [-0.15, -0.1) is 0 Å².